The molecule has 1 N–H and O–H groups in total. The van der Waals surface area contributed by atoms with Crippen molar-refractivity contribution >= 4 is 23.2 Å². The molecule has 5 rings (SSSR count). The zero-order valence-electron chi connectivity index (χ0n) is 19.6. The summed E-state index contributed by atoms with van der Waals surface area (Å²) in [4.78, 5) is 28.1. The molecule has 0 aromatic heterocycles. The van der Waals surface area contributed by atoms with Gasteiger partial charge in [0.2, 0.25) is 0 Å². The Morgan fingerprint density at radius 2 is 1.74 bits per heavy atom. The van der Waals surface area contributed by atoms with Crippen molar-refractivity contribution in [1.82, 2.24) is 0 Å². The highest BCUT2D eigenvalue weighted by molar-refractivity contribution is 6.07. The molecule has 2 amide bonds. The fourth-order valence-electron chi connectivity index (χ4n) is 5.24. The lowest BCUT2D eigenvalue weighted by Crippen LogP contribution is -2.33. The van der Waals surface area contributed by atoms with Crippen molar-refractivity contribution < 1.29 is 9.59 Å². The van der Waals surface area contributed by atoms with E-state index in [1.807, 2.05) is 36.1 Å². The van der Waals surface area contributed by atoms with Gasteiger partial charge >= 0.3 is 0 Å². The number of para-hydroxylation sites is 1. The van der Waals surface area contributed by atoms with Crippen molar-refractivity contribution in [2.24, 2.45) is 5.41 Å². The van der Waals surface area contributed by atoms with Crippen molar-refractivity contribution in [3.8, 4) is 0 Å². The number of nitrogens with zero attached hydrogens (tertiary/aromatic N) is 1. The van der Waals surface area contributed by atoms with E-state index in [4.69, 9.17) is 0 Å². The predicted molar refractivity (Wildman–Crippen MR) is 137 cm³/mol. The van der Waals surface area contributed by atoms with E-state index in [9.17, 15) is 9.59 Å². The summed E-state index contributed by atoms with van der Waals surface area (Å²) in [5, 5.41) is 2.92. The SMILES string of the molecule is Cc1cccc(C(=O)Nc2ccc(C(=O)N3CCC4(C=CCCC4)Cc4ccccc43)cc2)c1. The Kier molecular flexibility index (Phi) is 6.06. The number of aryl methyl sites for hydroxylation is 1. The molecule has 1 spiro atoms. The van der Waals surface area contributed by atoms with Crippen LogP contribution < -0.4 is 10.2 Å². The minimum absolute atomic E-state index is 0.000787. The van der Waals surface area contributed by atoms with Gasteiger partial charge in [0.25, 0.3) is 11.8 Å². The Balaban J connectivity index is 1.35. The van der Waals surface area contributed by atoms with Gasteiger partial charge in [0.1, 0.15) is 0 Å². The van der Waals surface area contributed by atoms with Crippen molar-refractivity contribution in [2.45, 2.75) is 39.0 Å². The first kappa shape index (κ1) is 22.1. The molecular formula is C30H30N2O2. The number of hydrogen-bond donors (Lipinski definition) is 1. The van der Waals surface area contributed by atoms with E-state index >= 15 is 0 Å². The van der Waals surface area contributed by atoms with Gasteiger partial charge in [-0.15, -0.1) is 0 Å². The molecule has 1 heterocycles. The highest BCUT2D eigenvalue weighted by Gasteiger charge is 2.35. The summed E-state index contributed by atoms with van der Waals surface area (Å²) >= 11 is 0. The number of benzene rings is 3. The van der Waals surface area contributed by atoms with Crippen LogP contribution in [0.2, 0.25) is 0 Å². The molecule has 3 aromatic carbocycles. The van der Waals surface area contributed by atoms with Crippen molar-refractivity contribution in [3.63, 3.8) is 0 Å². The smallest absolute Gasteiger partial charge is 0.258 e. The second-order valence-corrected chi connectivity index (χ2v) is 9.57. The van der Waals surface area contributed by atoms with Crippen molar-refractivity contribution in [3.05, 3.63) is 107 Å². The lowest BCUT2D eigenvalue weighted by Gasteiger charge is -2.32. The molecule has 1 atom stereocenters. The quantitative estimate of drug-likeness (QED) is 0.459. The van der Waals surface area contributed by atoms with Gasteiger partial charge in [-0.3, -0.25) is 9.59 Å². The maximum Gasteiger partial charge on any atom is 0.258 e. The number of amides is 2. The summed E-state index contributed by atoms with van der Waals surface area (Å²) in [5.41, 5.74) is 5.35. The molecule has 4 heteroatoms. The number of hydrogen-bond acceptors (Lipinski definition) is 2. The van der Waals surface area contributed by atoms with Crippen LogP contribution in [0, 0.1) is 12.3 Å². The Morgan fingerprint density at radius 3 is 2.50 bits per heavy atom. The van der Waals surface area contributed by atoms with Crippen LogP contribution in [0.15, 0.2) is 84.9 Å². The van der Waals surface area contributed by atoms with E-state index in [1.54, 1.807) is 30.3 Å². The van der Waals surface area contributed by atoms with Crippen molar-refractivity contribution in [2.75, 3.05) is 16.8 Å². The van der Waals surface area contributed by atoms with Gasteiger partial charge in [-0.1, -0.05) is 48.0 Å². The van der Waals surface area contributed by atoms with E-state index < -0.39 is 0 Å². The van der Waals surface area contributed by atoms with Crippen LogP contribution in [0.1, 0.15) is 57.5 Å². The normalized spacial score (nSPS) is 19.4. The molecule has 0 saturated carbocycles. The van der Waals surface area contributed by atoms with Gasteiger partial charge in [-0.25, -0.2) is 0 Å². The first-order valence-electron chi connectivity index (χ1n) is 12.1. The van der Waals surface area contributed by atoms with Gasteiger partial charge in [0, 0.05) is 29.0 Å². The maximum atomic E-state index is 13.6. The molecule has 34 heavy (non-hydrogen) atoms. The minimum Gasteiger partial charge on any atom is -0.322 e. The van der Waals surface area contributed by atoms with Crippen LogP contribution in [0.3, 0.4) is 0 Å². The molecule has 1 aliphatic heterocycles. The predicted octanol–water partition coefficient (Wildman–Crippen LogP) is 6.57. The topological polar surface area (TPSA) is 49.4 Å². The van der Waals surface area contributed by atoms with E-state index in [-0.39, 0.29) is 17.2 Å². The lowest BCUT2D eigenvalue weighted by atomic mass is 9.72. The number of rotatable bonds is 3. The minimum atomic E-state index is -0.157. The van der Waals surface area contributed by atoms with E-state index in [0.29, 0.717) is 23.4 Å². The fraction of sp³-hybridized carbons (Fsp3) is 0.267. The molecule has 172 valence electrons. The fourth-order valence-corrected chi connectivity index (χ4v) is 5.24. The molecule has 1 unspecified atom stereocenters. The molecule has 2 aliphatic rings. The van der Waals surface area contributed by atoms with Crippen LogP contribution in [-0.2, 0) is 6.42 Å². The second kappa shape index (κ2) is 9.30. The number of allylic oxidation sites excluding steroid dienone is 2. The largest absolute Gasteiger partial charge is 0.322 e. The van der Waals surface area contributed by atoms with E-state index in [0.717, 1.165) is 30.5 Å². The van der Waals surface area contributed by atoms with Crippen LogP contribution in [0.25, 0.3) is 0 Å². The van der Waals surface area contributed by atoms with Crippen LogP contribution in [-0.4, -0.2) is 18.4 Å². The van der Waals surface area contributed by atoms with Gasteiger partial charge in [0.05, 0.1) is 0 Å². The summed E-state index contributed by atoms with van der Waals surface area (Å²) < 4.78 is 0. The third kappa shape index (κ3) is 4.54. The average molecular weight is 451 g/mol. The summed E-state index contributed by atoms with van der Waals surface area (Å²) in [5.74, 6) is -0.157. The maximum absolute atomic E-state index is 13.6. The highest BCUT2D eigenvalue weighted by atomic mass is 16.2. The Morgan fingerprint density at radius 1 is 0.912 bits per heavy atom. The van der Waals surface area contributed by atoms with Crippen LogP contribution in [0.5, 0.6) is 0 Å². The Labute approximate surface area is 201 Å². The van der Waals surface area contributed by atoms with Crippen molar-refractivity contribution in [1.29, 1.82) is 0 Å². The van der Waals surface area contributed by atoms with Gasteiger partial charge in [-0.05, 0) is 92.5 Å². The molecule has 0 bridgehead atoms. The first-order valence-corrected chi connectivity index (χ1v) is 12.1. The lowest BCUT2D eigenvalue weighted by molar-refractivity contribution is 0.0983. The zero-order valence-corrected chi connectivity index (χ0v) is 19.6. The third-order valence-corrected chi connectivity index (χ3v) is 7.09. The van der Waals surface area contributed by atoms with E-state index in [1.165, 1.54) is 18.4 Å². The van der Waals surface area contributed by atoms with Gasteiger partial charge in [-0.2, -0.15) is 0 Å². The Hall–Kier alpha value is -3.66. The molecule has 1 aliphatic carbocycles. The number of nitrogens with one attached hydrogen (secondary N) is 1. The summed E-state index contributed by atoms with van der Waals surface area (Å²) in [6, 6.07) is 23.0. The molecular weight excluding hydrogens is 420 g/mol. The van der Waals surface area contributed by atoms with Gasteiger partial charge in [0.15, 0.2) is 0 Å². The monoisotopic (exact) mass is 450 g/mol. The summed E-state index contributed by atoms with van der Waals surface area (Å²) in [6.07, 6.45) is 10.2. The molecule has 3 aromatic rings. The van der Waals surface area contributed by atoms with E-state index in [2.05, 4.69) is 35.7 Å². The summed E-state index contributed by atoms with van der Waals surface area (Å²) in [7, 11) is 0. The zero-order chi connectivity index (χ0) is 23.5. The van der Waals surface area contributed by atoms with Gasteiger partial charge < -0.3 is 10.2 Å². The summed E-state index contributed by atoms with van der Waals surface area (Å²) in [6.45, 7) is 2.66. The standard InChI is InChI=1S/C30H30N2O2/c1-22-8-7-10-24(20-22)28(33)31-26-14-12-23(13-15-26)29(34)32-19-18-30(16-5-2-6-17-30)21-25-9-3-4-11-27(25)32/h3-5,7-16,20H,2,6,17-19,21H2,1H3,(H,31,33). The molecule has 0 radical (unpaired) electrons. The third-order valence-electron chi connectivity index (χ3n) is 7.09. The highest BCUT2D eigenvalue weighted by Crippen LogP contribution is 2.43. The number of fused-ring (bicyclic) bond motifs is 1. The number of carbonyl (C=O) groups excluding carboxylic acids is 2. The number of anilines is 2. The second-order valence-electron chi connectivity index (χ2n) is 9.57. The molecule has 0 fully saturated rings. The first-order chi connectivity index (χ1) is 16.5. The molecule has 4 nitrogen and oxygen atoms in total. The van der Waals surface area contributed by atoms with Crippen LogP contribution in [0.4, 0.5) is 11.4 Å². The Bertz CT molecular complexity index is 1240. The molecule has 0 saturated heterocycles. The number of carbonyl (C=O) groups is 2. The average Bonchev–Trinajstić information content (AvgIpc) is 3.01. The van der Waals surface area contributed by atoms with Crippen LogP contribution >= 0.6 is 0 Å².